The molecule has 2 rings (SSSR count). The number of carboxylic acids is 1. The highest BCUT2D eigenvalue weighted by Gasteiger charge is 2.05. The Morgan fingerprint density at radius 1 is 1.19 bits per heavy atom. The molecule has 0 heterocycles. The van der Waals surface area contributed by atoms with Crippen molar-refractivity contribution in [3.05, 3.63) is 36.4 Å². The van der Waals surface area contributed by atoms with Crippen molar-refractivity contribution in [3.8, 4) is 5.75 Å². The third-order valence-electron chi connectivity index (χ3n) is 2.27. The molecule has 16 heavy (non-hydrogen) atoms. The Kier molecular flexibility index (Phi) is 2.64. The van der Waals surface area contributed by atoms with E-state index in [-0.39, 0.29) is 6.61 Å². The molecule has 0 aliphatic heterocycles. The van der Waals surface area contributed by atoms with Gasteiger partial charge in [0.25, 0.3) is 0 Å². The SMILES string of the molecule is Nc1ccc(OCC(=O)O)c2ccccc12. The normalized spacial score (nSPS) is 10.2. The lowest BCUT2D eigenvalue weighted by Crippen LogP contribution is -2.09. The second kappa shape index (κ2) is 4.10. The summed E-state index contributed by atoms with van der Waals surface area (Å²) in [5.41, 5.74) is 6.46. The van der Waals surface area contributed by atoms with Gasteiger partial charge in [-0.3, -0.25) is 0 Å². The van der Waals surface area contributed by atoms with Crippen molar-refractivity contribution in [2.75, 3.05) is 12.3 Å². The summed E-state index contributed by atoms with van der Waals surface area (Å²) < 4.78 is 5.18. The summed E-state index contributed by atoms with van der Waals surface area (Å²) in [6.45, 7) is -0.353. The molecule has 4 heteroatoms. The number of rotatable bonds is 3. The molecule has 0 spiro atoms. The van der Waals surface area contributed by atoms with Gasteiger partial charge in [0.2, 0.25) is 0 Å². The van der Waals surface area contributed by atoms with Crippen molar-refractivity contribution in [1.82, 2.24) is 0 Å². The first-order chi connectivity index (χ1) is 7.68. The maximum absolute atomic E-state index is 10.4. The zero-order chi connectivity index (χ0) is 11.5. The lowest BCUT2D eigenvalue weighted by atomic mass is 10.1. The average Bonchev–Trinajstić information content (AvgIpc) is 2.28. The smallest absolute Gasteiger partial charge is 0.341 e. The second-order valence-electron chi connectivity index (χ2n) is 3.38. The monoisotopic (exact) mass is 217 g/mol. The van der Waals surface area contributed by atoms with Gasteiger partial charge in [0.1, 0.15) is 5.75 Å². The number of ether oxygens (including phenoxy) is 1. The fourth-order valence-electron chi connectivity index (χ4n) is 1.56. The van der Waals surface area contributed by atoms with Gasteiger partial charge in [0.15, 0.2) is 6.61 Å². The van der Waals surface area contributed by atoms with E-state index in [0.29, 0.717) is 11.4 Å². The number of carbonyl (C=O) groups is 1. The quantitative estimate of drug-likeness (QED) is 0.770. The topological polar surface area (TPSA) is 72.5 Å². The number of aliphatic carboxylic acids is 1. The molecular formula is C12H11NO3. The molecule has 0 bridgehead atoms. The summed E-state index contributed by atoms with van der Waals surface area (Å²) >= 11 is 0. The third kappa shape index (κ3) is 1.91. The van der Waals surface area contributed by atoms with E-state index in [1.807, 2.05) is 24.3 Å². The highest BCUT2D eigenvalue weighted by molar-refractivity contribution is 5.97. The van der Waals surface area contributed by atoms with Crippen LogP contribution in [0.2, 0.25) is 0 Å². The number of hydrogen-bond donors (Lipinski definition) is 2. The van der Waals surface area contributed by atoms with E-state index >= 15 is 0 Å². The van der Waals surface area contributed by atoms with Crippen LogP contribution in [0.25, 0.3) is 10.8 Å². The highest BCUT2D eigenvalue weighted by atomic mass is 16.5. The zero-order valence-electron chi connectivity index (χ0n) is 8.51. The summed E-state index contributed by atoms with van der Waals surface area (Å²) in [7, 11) is 0. The van der Waals surface area contributed by atoms with E-state index in [9.17, 15) is 4.79 Å². The number of nitrogen functional groups attached to an aromatic ring is 1. The Balaban J connectivity index is 2.46. The number of fused-ring (bicyclic) bond motifs is 1. The maximum atomic E-state index is 10.4. The van der Waals surface area contributed by atoms with Gasteiger partial charge >= 0.3 is 5.97 Å². The van der Waals surface area contributed by atoms with Gasteiger partial charge in [-0.05, 0) is 12.1 Å². The minimum atomic E-state index is -0.999. The maximum Gasteiger partial charge on any atom is 0.341 e. The summed E-state index contributed by atoms with van der Waals surface area (Å²) in [5.74, 6) is -0.465. The van der Waals surface area contributed by atoms with E-state index in [0.717, 1.165) is 10.8 Å². The average molecular weight is 217 g/mol. The Hall–Kier alpha value is -2.23. The van der Waals surface area contributed by atoms with Gasteiger partial charge in [-0.2, -0.15) is 0 Å². The Morgan fingerprint density at radius 2 is 1.88 bits per heavy atom. The molecule has 0 fully saturated rings. The van der Waals surface area contributed by atoms with E-state index in [2.05, 4.69) is 0 Å². The van der Waals surface area contributed by atoms with Gasteiger partial charge in [0, 0.05) is 16.5 Å². The summed E-state index contributed by atoms with van der Waals surface area (Å²) in [5, 5.41) is 10.2. The minimum absolute atomic E-state index is 0.353. The minimum Gasteiger partial charge on any atom is -0.481 e. The molecule has 2 aromatic carbocycles. The van der Waals surface area contributed by atoms with Crippen LogP contribution in [0.15, 0.2) is 36.4 Å². The summed E-state index contributed by atoms with van der Waals surface area (Å²) in [6, 6.07) is 10.8. The number of anilines is 1. The molecule has 0 aliphatic rings. The molecule has 0 saturated heterocycles. The molecule has 0 unspecified atom stereocenters. The third-order valence-corrected chi connectivity index (χ3v) is 2.27. The van der Waals surface area contributed by atoms with Crippen molar-refractivity contribution >= 4 is 22.4 Å². The first-order valence-electron chi connectivity index (χ1n) is 4.80. The molecule has 0 aliphatic carbocycles. The van der Waals surface area contributed by atoms with Crippen LogP contribution in [-0.2, 0) is 4.79 Å². The van der Waals surface area contributed by atoms with Crippen molar-refractivity contribution in [3.63, 3.8) is 0 Å². The van der Waals surface area contributed by atoms with E-state index in [4.69, 9.17) is 15.6 Å². The second-order valence-corrected chi connectivity index (χ2v) is 3.38. The van der Waals surface area contributed by atoms with E-state index in [1.165, 1.54) is 0 Å². The standard InChI is InChI=1S/C12H11NO3/c13-10-5-6-11(16-7-12(14)15)9-4-2-1-3-8(9)10/h1-6H,7,13H2,(H,14,15). The number of carboxylic acid groups (broad SMARTS) is 1. The van der Waals surface area contributed by atoms with Crippen LogP contribution in [0.5, 0.6) is 5.75 Å². The fourth-order valence-corrected chi connectivity index (χ4v) is 1.56. The highest BCUT2D eigenvalue weighted by Crippen LogP contribution is 2.29. The van der Waals surface area contributed by atoms with Gasteiger partial charge in [0.05, 0.1) is 0 Å². The molecule has 0 aromatic heterocycles. The molecule has 3 N–H and O–H groups in total. The lowest BCUT2D eigenvalue weighted by Gasteiger charge is -2.08. The predicted octanol–water partition coefficient (Wildman–Crippen LogP) is 1.89. The lowest BCUT2D eigenvalue weighted by molar-refractivity contribution is -0.139. The molecular weight excluding hydrogens is 206 g/mol. The first kappa shape index (κ1) is 10.3. The van der Waals surface area contributed by atoms with Crippen LogP contribution in [0.4, 0.5) is 5.69 Å². The van der Waals surface area contributed by atoms with E-state index < -0.39 is 5.97 Å². The van der Waals surface area contributed by atoms with Crippen LogP contribution >= 0.6 is 0 Å². The van der Waals surface area contributed by atoms with Crippen molar-refractivity contribution in [2.45, 2.75) is 0 Å². The molecule has 0 atom stereocenters. The Morgan fingerprint density at radius 3 is 2.56 bits per heavy atom. The van der Waals surface area contributed by atoms with Crippen LogP contribution in [0.1, 0.15) is 0 Å². The van der Waals surface area contributed by atoms with Gasteiger partial charge < -0.3 is 15.6 Å². The number of hydrogen-bond acceptors (Lipinski definition) is 3. The van der Waals surface area contributed by atoms with Crippen molar-refractivity contribution < 1.29 is 14.6 Å². The predicted molar refractivity (Wildman–Crippen MR) is 61.5 cm³/mol. The summed E-state index contributed by atoms with van der Waals surface area (Å²) in [6.07, 6.45) is 0. The van der Waals surface area contributed by atoms with Crippen LogP contribution in [-0.4, -0.2) is 17.7 Å². The molecule has 0 amide bonds. The Bertz CT molecular complexity index is 537. The molecule has 0 radical (unpaired) electrons. The number of benzene rings is 2. The van der Waals surface area contributed by atoms with Gasteiger partial charge in [-0.25, -0.2) is 4.79 Å². The van der Waals surface area contributed by atoms with Crippen molar-refractivity contribution in [2.24, 2.45) is 0 Å². The van der Waals surface area contributed by atoms with Gasteiger partial charge in [-0.15, -0.1) is 0 Å². The molecule has 4 nitrogen and oxygen atoms in total. The van der Waals surface area contributed by atoms with Crippen molar-refractivity contribution in [1.29, 1.82) is 0 Å². The van der Waals surface area contributed by atoms with E-state index in [1.54, 1.807) is 12.1 Å². The van der Waals surface area contributed by atoms with Crippen LogP contribution in [0.3, 0.4) is 0 Å². The van der Waals surface area contributed by atoms with Gasteiger partial charge in [-0.1, -0.05) is 24.3 Å². The number of nitrogens with two attached hydrogens (primary N) is 1. The molecule has 0 saturated carbocycles. The Labute approximate surface area is 92.3 Å². The fraction of sp³-hybridized carbons (Fsp3) is 0.0833. The zero-order valence-corrected chi connectivity index (χ0v) is 8.51. The summed E-state index contributed by atoms with van der Waals surface area (Å²) in [4.78, 5) is 10.4. The first-order valence-corrected chi connectivity index (χ1v) is 4.80. The molecule has 82 valence electrons. The van der Waals surface area contributed by atoms with Crippen LogP contribution in [0, 0.1) is 0 Å². The largest absolute Gasteiger partial charge is 0.481 e. The van der Waals surface area contributed by atoms with Crippen LogP contribution < -0.4 is 10.5 Å². The molecule has 2 aromatic rings.